The molecule has 2 aromatic carbocycles. The summed E-state index contributed by atoms with van der Waals surface area (Å²) in [5.41, 5.74) is 7.17. The standard InChI is InChI=1S/C20H24N2O3/c1-24-17-12-11-15(13-18(17)25-16-9-5-6-10-16)22-19(20(21)23)14-7-3-2-4-8-14/h2-4,7-8,11-13,16,19,22H,5-6,9-10H2,1H3,(H2,21,23). The molecule has 0 aromatic heterocycles. The first kappa shape index (κ1) is 17.1. The van der Waals surface area contributed by atoms with Crippen molar-refractivity contribution in [2.75, 3.05) is 12.4 Å². The van der Waals surface area contributed by atoms with Crippen LogP contribution < -0.4 is 20.5 Å². The Morgan fingerprint density at radius 1 is 1.12 bits per heavy atom. The Labute approximate surface area is 148 Å². The SMILES string of the molecule is COc1ccc(NC(C(N)=O)c2ccccc2)cc1OC1CCCC1. The van der Waals surface area contributed by atoms with E-state index < -0.39 is 11.9 Å². The number of rotatable bonds is 7. The van der Waals surface area contributed by atoms with Crippen LogP contribution in [-0.4, -0.2) is 19.1 Å². The number of nitrogens with one attached hydrogen (secondary N) is 1. The summed E-state index contributed by atoms with van der Waals surface area (Å²) in [5.74, 6) is 0.948. The number of carbonyl (C=O) groups excluding carboxylic acids is 1. The van der Waals surface area contributed by atoms with Crippen molar-refractivity contribution in [2.24, 2.45) is 5.73 Å². The first-order chi connectivity index (χ1) is 12.2. The van der Waals surface area contributed by atoms with Crippen molar-refractivity contribution < 1.29 is 14.3 Å². The highest BCUT2D eigenvalue weighted by atomic mass is 16.5. The van der Waals surface area contributed by atoms with Crippen molar-refractivity contribution in [1.82, 2.24) is 0 Å². The van der Waals surface area contributed by atoms with E-state index in [1.807, 2.05) is 48.5 Å². The van der Waals surface area contributed by atoms with Crippen LogP contribution in [0.1, 0.15) is 37.3 Å². The molecule has 1 aliphatic carbocycles. The lowest BCUT2D eigenvalue weighted by Gasteiger charge is -2.20. The van der Waals surface area contributed by atoms with E-state index in [1.54, 1.807) is 7.11 Å². The highest BCUT2D eigenvalue weighted by Gasteiger charge is 2.21. The molecule has 132 valence electrons. The van der Waals surface area contributed by atoms with Gasteiger partial charge < -0.3 is 20.5 Å². The Morgan fingerprint density at radius 2 is 1.84 bits per heavy atom. The molecular weight excluding hydrogens is 316 g/mol. The zero-order valence-electron chi connectivity index (χ0n) is 14.4. The van der Waals surface area contributed by atoms with Gasteiger partial charge in [0, 0.05) is 11.8 Å². The summed E-state index contributed by atoms with van der Waals surface area (Å²) in [6.45, 7) is 0. The topological polar surface area (TPSA) is 73.6 Å². The predicted molar refractivity (Wildman–Crippen MR) is 97.9 cm³/mol. The molecule has 1 saturated carbocycles. The summed E-state index contributed by atoms with van der Waals surface area (Å²) in [6, 6.07) is 14.4. The number of hydrogen-bond donors (Lipinski definition) is 2. The zero-order chi connectivity index (χ0) is 17.6. The summed E-state index contributed by atoms with van der Waals surface area (Å²) < 4.78 is 11.5. The third-order valence-corrected chi connectivity index (χ3v) is 4.49. The van der Waals surface area contributed by atoms with E-state index in [2.05, 4.69) is 5.32 Å². The Balaban J connectivity index is 1.82. The Morgan fingerprint density at radius 3 is 2.48 bits per heavy atom. The fourth-order valence-electron chi connectivity index (χ4n) is 3.18. The van der Waals surface area contributed by atoms with E-state index in [0.717, 1.165) is 24.1 Å². The summed E-state index contributed by atoms with van der Waals surface area (Å²) >= 11 is 0. The zero-order valence-corrected chi connectivity index (χ0v) is 14.4. The van der Waals surface area contributed by atoms with Gasteiger partial charge in [0.15, 0.2) is 11.5 Å². The molecule has 5 nitrogen and oxygen atoms in total. The van der Waals surface area contributed by atoms with E-state index in [9.17, 15) is 4.79 Å². The molecule has 1 atom stereocenters. The molecule has 0 saturated heterocycles. The van der Waals surface area contributed by atoms with Crippen LogP contribution in [0.2, 0.25) is 0 Å². The molecule has 1 fully saturated rings. The van der Waals surface area contributed by atoms with Crippen LogP contribution in [-0.2, 0) is 4.79 Å². The van der Waals surface area contributed by atoms with Gasteiger partial charge in [-0.05, 0) is 43.4 Å². The van der Waals surface area contributed by atoms with E-state index >= 15 is 0 Å². The van der Waals surface area contributed by atoms with Crippen molar-refractivity contribution in [3.63, 3.8) is 0 Å². The summed E-state index contributed by atoms with van der Waals surface area (Å²) in [6.07, 6.45) is 4.75. The molecule has 0 radical (unpaired) electrons. The van der Waals surface area contributed by atoms with Gasteiger partial charge >= 0.3 is 0 Å². The van der Waals surface area contributed by atoms with E-state index in [1.165, 1.54) is 12.8 Å². The van der Waals surface area contributed by atoms with E-state index in [0.29, 0.717) is 11.5 Å². The van der Waals surface area contributed by atoms with Crippen molar-refractivity contribution in [3.8, 4) is 11.5 Å². The van der Waals surface area contributed by atoms with Crippen molar-refractivity contribution in [2.45, 2.75) is 37.8 Å². The molecule has 5 heteroatoms. The number of anilines is 1. The molecule has 1 unspecified atom stereocenters. The molecule has 3 N–H and O–H groups in total. The fourth-order valence-corrected chi connectivity index (χ4v) is 3.18. The van der Waals surface area contributed by atoms with Gasteiger partial charge in [-0.25, -0.2) is 0 Å². The molecule has 3 rings (SSSR count). The molecule has 1 amide bonds. The highest BCUT2D eigenvalue weighted by molar-refractivity contribution is 5.84. The molecular formula is C20H24N2O3. The maximum Gasteiger partial charge on any atom is 0.244 e. The number of amides is 1. The van der Waals surface area contributed by atoms with Gasteiger partial charge in [0.1, 0.15) is 6.04 Å². The second-order valence-electron chi connectivity index (χ2n) is 6.28. The van der Waals surface area contributed by atoms with Crippen LogP contribution in [0.4, 0.5) is 5.69 Å². The maximum absolute atomic E-state index is 11.9. The monoisotopic (exact) mass is 340 g/mol. The smallest absolute Gasteiger partial charge is 0.244 e. The van der Waals surface area contributed by atoms with Crippen LogP contribution in [0.15, 0.2) is 48.5 Å². The number of hydrogen-bond acceptors (Lipinski definition) is 4. The minimum atomic E-state index is -0.603. The Hall–Kier alpha value is -2.69. The minimum Gasteiger partial charge on any atom is -0.493 e. The van der Waals surface area contributed by atoms with Gasteiger partial charge in [-0.1, -0.05) is 30.3 Å². The molecule has 2 aromatic rings. The Bertz CT molecular complexity index is 712. The molecule has 0 heterocycles. The van der Waals surface area contributed by atoms with Crippen LogP contribution in [0, 0.1) is 0 Å². The summed E-state index contributed by atoms with van der Waals surface area (Å²) in [7, 11) is 1.63. The van der Waals surface area contributed by atoms with Crippen molar-refractivity contribution >= 4 is 11.6 Å². The lowest BCUT2D eigenvalue weighted by molar-refractivity contribution is -0.118. The number of benzene rings is 2. The molecule has 0 aliphatic heterocycles. The molecule has 0 spiro atoms. The second-order valence-corrected chi connectivity index (χ2v) is 6.28. The number of methoxy groups -OCH3 is 1. The number of ether oxygens (including phenoxy) is 2. The third kappa shape index (κ3) is 4.24. The van der Waals surface area contributed by atoms with Crippen LogP contribution in [0.5, 0.6) is 11.5 Å². The first-order valence-corrected chi connectivity index (χ1v) is 8.63. The van der Waals surface area contributed by atoms with Crippen LogP contribution in [0.25, 0.3) is 0 Å². The summed E-state index contributed by atoms with van der Waals surface area (Å²) in [5, 5.41) is 3.20. The van der Waals surface area contributed by atoms with Gasteiger partial charge in [-0.2, -0.15) is 0 Å². The van der Waals surface area contributed by atoms with Crippen LogP contribution in [0.3, 0.4) is 0 Å². The average molecular weight is 340 g/mol. The van der Waals surface area contributed by atoms with Gasteiger partial charge in [0.05, 0.1) is 13.2 Å². The van der Waals surface area contributed by atoms with Crippen molar-refractivity contribution in [1.29, 1.82) is 0 Å². The van der Waals surface area contributed by atoms with E-state index in [-0.39, 0.29) is 6.10 Å². The van der Waals surface area contributed by atoms with Gasteiger partial charge in [-0.15, -0.1) is 0 Å². The lowest BCUT2D eigenvalue weighted by Crippen LogP contribution is -2.27. The van der Waals surface area contributed by atoms with Crippen molar-refractivity contribution in [3.05, 3.63) is 54.1 Å². The van der Waals surface area contributed by atoms with E-state index in [4.69, 9.17) is 15.2 Å². The first-order valence-electron chi connectivity index (χ1n) is 8.63. The van der Waals surface area contributed by atoms with Crippen LogP contribution >= 0.6 is 0 Å². The minimum absolute atomic E-state index is 0.227. The van der Waals surface area contributed by atoms with Gasteiger partial charge in [-0.3, -0.25) is 4.79 Å². The predicted octanol–water partition coefficient (Wildman–Crippen LogP) is 3.66. The quantitative estimate of drug-likeness (QED) is 0.807. The normalized spacial score (nSPS) is 15.6. The lowest BCUT2D eigenvalue weighted by atomic mass is 10.1. The highest BCUT2D eigenvalue weighted by Crippen LogP contribution is 2.34. The van der Waals surface area contributed by atoms with Gasteiger partial charge in [0.25, 0.3) is 0 Å². The number of primary amides is 1. The Kier molecular flexibility index (Phi) is 5.43. The average Bonchev–Trinajstić information content (AvgIpc) is 3.13. The second kappa shape index (κ2) is 7.92. The summed E-state index contributed by atoms with van der Waals surface area (Å²) in [4.78, 5) is 11.9. The fraction of sp³-hybridized carbons (Fsp3) is 0.350. The number of carbonyl (C=O) groups is 1. The van der Waals surface area contributed by atoms with Gasteiger partial charge in [0.2, 0.25) is 5.91 Å². The largest absolute Gasteiger partial charge is 0.493 e. The molecule has 25 heavy (non-hydrogen) atoms. The maximum atomic E-state index is 11.9. The third-order valence-electron chi connectivity index (χ3n) is 4.49. The number of nitrogens with two attached hydrogens (primary N) is 1. The molecule has 0 bridgehead atoms. The molecule has 1 aliphatic rings.